The number of rotatable bonds is 6. The average Bonchev–Trinajstić information content (AvgIpc) is 3.17. The van der Waals surface area contributed by atoms with E-state index >= 15 is 0 Å². The fourth-order valence-electron chi connectivity index (χ4n) is 2.92. The molecule has 4 unspecified atom stereocenters. The van der Waals surface area contributed by atoms with Crippen molar-refractivity contribution in [2.45, 2.75) is 43.7 Å². The third-order valence-corrected chi connectivity index (χ3v) is 3.88. The van der Waals surface area contributed by atoms with Crippen molar-refractivity contribution < 1.29 is 23.7 Å². The van der Waals surface area contributed by atoms with E-state index in [1.54, 1.807) is 6.08 Å². The zero-order chi connectivity index (χ0) is 13.8. The molecule has 0 aromatic rings. The van der Waals surface area contributed by atoms with E-state index in [2.05, 4.69) is 4.99 Å². The number of hydrogen-bond acceptors (Lipinski definition) is 6. The van der Waals surface area contributed by atoms with Crippen molar-refractivity contribution in [2.75, 3.05) is 26.4 Å². The molecule has 2 saturated heterocycles. The summed E-state index contributed by atoms with van der Waals surface area (Å²) < 4.78 is 23.1. The predicted molar refractivity (Wildman–Crippen MR) is 69.0 cm³/mol. The highest BCUT2D eigenvalue weighted by Crippen LogP contribution is 2.31. The van der Waals surface area contributed by atoms with Gasteiger partial charge in [-0.05, 0) is 12.5 Å². The highest BCUT2D eigenvalue weighted by atomic mass is 16.6. The Morgan fingerprint density at radius 2 is 2.40 bits per heavy atom. The first-order chi connectivity index (χ1) is 9.88. The fourth-order valence-corrected chi connectivity index (χ4v) is 2.92. The van der Waals surface area contributed by atoms with Crippen LogP contribution in [0.25, 0.3) is 0 Å². The second-order valence-electron chi connectivity index (χ2n) is 5.16. The van der Waals surface area contributed by atoms with Gasteiger partial charge in [0.25, 0.3) is 0 Å². The smallest absolute Gasteiger partial charge is 0.234 e. The Kier molecular flexibility index (Phi) is 4.47. The molecule has 3 heterocycles. The van der Waals surface area contributed by atoms with Crippen LogP contribution in [0.3, 0.4) is 0 Å². The minimum absolute atomic E-state index is 0.0223. The van der Waals surface area contributed by atoms with Gasteiger partial charge in [0.05, 0.1) is 25.9 Å². The molecule has 6 heteroatoms. The number of fused-ring (bicyclic) bond motifs is 1. The molecule has 0 bridgehead atoms. The van der Waals surface area contributed by atoms with Gasteiger partial charge in [0, 0.05) is 19.4 Å². The monoisotopic (exact) mass is 281 g/mol. The van der Waals surface area contributed by atoms with Crippen LogP contribution in [0.1, 0.15) is 19.3 Å². The molecule has 6 nitrogen and oxygen atoms in total. The molecule has 0 saturated carbocycles. The molecular formula is C14H19NO5. The topological polar surface area (TPSA) is 66.4 Å². The van der Waals surface area contributed by atoms with Crippen molar-refractivity contribution in [3.05, 3.63) is 11.8 Å². The zero-order valence-corrected chi connectivity index (χ0v) is 11.3. The molecule has 0 aromatic heterocycles. The third-order valence-electron chi connectivity index (χ3n) is 3.88. The average molecular weight is 281 g/mol. The van der Waals surface area contributed by atoms with Crippen LogP contribution < -0.4 is 0 Å². The van der Waals surface area contributed by atoms with E-state index in [0.717, 1.165) is 25.2 Å². The molecule has 20 heavy (non-hydrogen) atoms. The van der Waals surface area contributed by atoms with Crippen molar-refractivity contribution in [1.29, 1.82) is 0 Å². The van der Waals surface area contributed by atoms with Crippen LogP contribution >= 0.6 is 0 Å². The lowest BCUT2D eigenvalue weighted by atomic mass is 10.1. The molecule has 0 amide bonds. The minimum atomic E-state index is -0.189. The summed E-state index contributed by atoms with van der Waals surface area (Å²) in [7, 11) is 0. The van der Waals surface area contributed by atoms with Gasteiger partial charge in [-0.3, -0.25) is 0 Å². The number of isocyanates is 1. The van der Waals surface area contributed by atoms with Gasteiger partial charge in [-0.1, -0.05) is 0 Å². The van der Waals surface area contributed by atoms with E-state index in [0.29, 0.717) is 26.2 Å². The maximum atomic E-state index is 10.2. The molecule has 4 atom stereocenters. The van der Waals surface area contributed by atoms with Crippen LogP contribution in [0.15, 0.2) is 16.8 Å². The van der Waals surface area contributed by atoms with E-state index in [4.69, 9.17) is 18.9 Å². The van der Waals surface area contributed by atoms with E-state index in [1.807, 2.05) is 6.08 Å². The van der Waals surface area contributed by atoms with Crippen LogP contribution in [0, 0.1) is 0 Å². The molecule has 3 rings (SSSR count). The first-order valence-corrected chi connectivity index (χ1v) is 7.13. The van der Waals surface area contributed by atoms with E-state index in [1.165, 1.54) is 0 Å². The first kappa shape index (κ1) is 13.8. The summed E-state index contributed by atoms with van der Waals surface area (Å²) in [5, 5.41) is 0. The van der Waals surface area contributed by atoms with Gasteiger partial charge >= 0.3 is 0 Å². The Labute approximate surface area is 117 Å². The molecule has 0 N–H and O–H groups in total. The molecule has 0 aliphatic carbocycles. The van der Waals surface area contributed by atoms with Crippen molar-refractivity contribution >= 4 is 6.08 Å². The number of nitrogens with zero attached hydrogens (tertiary/aromatic N) is 1. The number of aliphatic imine (C=N–C) groups is 1. The van der Waals surface area contributed by atoms with Crippen molar-refractivity contribution in [3.8, 4) is 0 Å². The zero-order valence-electron chi connectivity index (χ0n) is 11.3. The highest BCUT2D eigenvalue weighted by molar-refractivity contribution is 5.32. The van der Waals surface area contributed by atoms with E-state index in [9.17, 15) is 4.79 Å². The normalized spacial score (nSPS) is 33.2. The molecule has 2 fully saturated rings. The lowest BCUT2D eigenvalue weighted by Gasteiger charge is -2.24. The molecule has 110 valence electrons. The maximum Gasteiger partial charge on any atom is 0.234 e. The van der Waals surface area contributed by atoms with Gasteiger partial charge in [0.2, 0.25) is 6.08 Å². The van der Waals surface area contributed by atoms with E-state index < -0.39 is 0 Å². The maximum absolute atomic E-state index is 10.2. The summed E-state index contributed by atoms with van der Waals surface area (Å²) in [6.45, 7) is 2.36. The summed E-state index contributed by atoms with van der Waals surface area (Å²) >= 11 is 0. The Hall–Kier alpha value is -1.20. The third kappa shape index (κ3) is 2.94. The SMILES string of the molecule is O=C=NCCC(OC1COC2CCOC21)C1=CCCO1. The lowest BCUT2D eigenvalue weighted by molar-refractivity contribution is -0.0719. The fraction of sp³-hybridized carbons (Fsp3) is 0.786. The first-order valence-electron chi connectivity index (χ1n) is 7.13. The van der Waals surface area contributed by atoms with Crippen LogP contribution in [-0.2, 0) is 23.7 Å². The lowest BCUT2D eigenvalue weighted by Crippen LogP contribution is -2.35. The molecular weight excluding hydrogens is 262 g/mol. The minimum Gasteiger partial charge on any atom is -0.495 e. The second-order valence-corrected chi connectivity index (χ2v) is 5.16. The summed E-state index contributed by atoms with van der Waals surface area (Å²) in [5.41, 5.74) is 0. The molecule has 3 aliphatic rings. The van der Waals surface area contributed by atoms with Crippen LogP contribution in [0.4, 0.5) is 0 Å². The Morgan fingerprint density at radius 1 is 1.45 bits per heavy atom. The summed E-state index contributed by atoms with van der Waals surface area (Å²) in [6, 6.07) is 0. The van der Waals surface area contributed by atoms with Gasteiger partial charge in [0.1, 0.15) is 24.1 Å². The largest absolute Gasteiger partial charge is 0.495 e. The number of hydrogen-bond donors (Lipinski definition) is 0. The standard InChI is InChI=1S/C14H19NO5/c16-9-15-5-3-11(10-2-1-6-17-10)20-13-8-19-12-4-7-18-14(12)13/h2,11-14H,1,3-8H2. The van der Waals surface area contributed by atoms with Crippen LogP contribution in [0.5, 0.6) is 0 Å². The second kappa shape index (κ2) is 6.50. The Morgan fingerprint density at radius 3 is 3.20 bits per heavy atom. The highest BCUT2D eigenvalue weighted by Gasteiger charge is 2.43. The van der Waals surface area contributed by atoms with Gasteiger partial charge in [-0.2, -0.15) is 0 Å². The van der Waals surface area contributed by atoms with E-state index in [-0.39, 0.29) is 24.4 Å². The quantitative estimate of drug-likeness (QED) is 0.536. The van der Waals surface area contributed by atoms with Crippen molar-refractivity contribution in [1.82, 2.24) is 0 Å². The molecule has 0 spiro atoms. The number of ether oxygens (including phenoxy) is 4. The van der Waals surface area contributed by atoms with Crippen LogP contribution in [0.2, 0.25) is 0 Å². The molecule has 0 radical (unpaired) electrons. The Bertz CT molecular complexity index is 418. The summed E-state index contributed by atoms with van der Waals surface area (Å²) in [6.07, 6.45) is 5.95. The number of carbonyl (C=O) groups excluding carboxylic acids is 1. The van der Waals surface area contributed by atoms with Gasteiger partial charge in [-0.25, -0.2) is 9.79 Å². The van der Waals surface area contributed by atoms with Crippen LogP contribution in [-0.4, -0.2) is 56.9 Å². The van der Waals surface area contributed by atoms with Gasteiger partial charge in [-0.15, -0.1) is 0 Å². The van der Waals surface area contributed by atoms with Gasteiger partial charge in [0.15, 0.2) is 0 Å². The summed E-state index contributed by atoms with van der Waals surface area (Å²) in [5.74, 6) is 0.840. The van der Waals surface area contributed by atoms with Gasteiger partial charge < -0.3 is 18.9 Å². The van der Waals surface area contributed by atoms with Crippen molar-refractivity contribution in [2.24, 2.45) is 4.99 Å². The Balaban J connectivity index is 1.61. The predicted octanol–water partition coefficient (Wildman–Crippen LogP) is 0.958. The summed E-state index contributed by atoms with van der Waals surface area (Å²) in [4.78, 5) is 13.8. The van der Waals surface area contributed by atoms with Crippen molar-refractivity contribution in [3.63, 3.8) is 0 Å². The molecule has 0 aromatic carbocycles. The molecule has 3 aliphatic heterocycles.